The standard InChI is InChI=1S/C21H19ClN2O5S/c1-14(2)29-17-4-6-18(7-5-17)30(27,28)23-20-8-3-16(22)13-19(20)21(25)15-9-11-24(26)12-10-15/h3-14,23H,1-2H3. The van der Waals surface area contributed by atoms with Crippen molar-refractivity contribution in [1.29, 1.82) is 0 Å². The summed E-state index contributed by atoms with van der Waals surface area (Å²) in [5.74, 6) is 0.0717. The van der Waals surface area contributed by atoms with Crippen LogP contribution in [0.1, 0.15) is 29.8 Å². The van der Waals surface area contributed by atoms with Gasteiger partial charge in [0, 0.05) is 28.3 Å². The van der Waals surface area contributed by atoms with Gasteiger partial charge in [0.2, 0.25) is 0 Å². The molecule has 0 atom stereocenters. The molecule has 0 radical (unpaired) electrons. The minimum absolute atomic E-state index is 0.0130. The zero-order valence-corrected chi connectivity index (χ0v) is 17.8. The van der Waals surface area contributed by atoms with Crippen molar-refractivity contribution in [3.63, 3.8) is 0 Å². The topological polar surface area (TPSA) is 99.4 Å². The molecule has 1 aromatic heterocycles. The van der Waals surface area contributed by atoms with Crippen LogP contribution in [0.3, 0.4) is 0 Å². The van der Waals surface area contributed by atoms with Crippen LogP contribution in [0.25, 0.3) is 0 Å². The van der Waals surface area contributed by atoms with E-state index in [1.165, 1.54) is 54.9 Å². The fourth-order valence-corrected chi connectivity index (χ4v) is 3.94. The molecule has 7 nitrogen and oxygen atoms in total. The number of nitrogens with one attached hydrogen (secondary N) is 1. The van der Waals surface area contributed by atoms with Gasteiger partial charge in [-0.3, -0.25) is 9.52 Å². The Labute approximate surface area is 179 Å². The third kappa shape index (κ3) is 5.08. The lowest BCUT2D eigenvalue weighted by molar-refractivity contribution is -0.605. The maximum Gasteiger partial charge on any atom is 0.261 e. The van der Waals surface area contributed by atoms with Gasteiger partial charge in [-0.05, 0) is 56.3 Å². The largest absolute Gasteiger partial charge is 0.619 e. The minimum Gasteiger partial charge on any atom is -0.619 e. The van der Waals surface area contributed by atoms with Crippen LogP contribution in [-0.4, -0.2) is 20.3 Å². The zero-order valence-electron chi connectivity index (χ0n) is 16.2. The van der Waals surface area contributed by atoms with E-state index in [-0.39, 0.29) is 32.8 Å². The van der Waals surface area contributed by atoms with Crippen LogP contribution < -0.4 is 14.2 Å². The van der Waals surface area contributed by atoms with E-state index in [0.717, 1.165) is 0 Å². The van der Waals surface area contributed by atoms with Crippen molar-refractivity contribution in [3.05, 3.63) is 88.3 Å². The first-order valence-corrected chi connectivity index (χ1v) is 10.8. The number of anilines is 1. The van der Waals surface area contributed by atoms with Gasteiger partial charge in [0.25, 0.3) is 10.0 Å². The number of hydrogen-bond acceptors (Lipinski definition) is 5. The van der Waals surface area contributed by atoms with E-state index < -0.39 is 15.8 Å². The first-order chi connectivity index (χ1) is 14.2. The quantitative estimate of drug-likeness (QED) is 0.338. The Hall–Kier alpha value is -3.10. The molecule has 9 heteroatoms. The summed E-state index contributed by atoms with van der Waals surface area (Å²) in [6.07, 6.45) is 2.33. The second-order valence-electron chi connectivity index (χ2n) is 6.71. The lowest BCUT2D eigenvalue weighted by Crippen LogP contribution is -2.24. The van der Waals surface area contributed by atoms with Crippen LogP contribution >= 0.6 is 11.6 Å². The number of halogens is 1. The number of hydrogen-bond donors (Lipinski definition) is 1. The molecular weight excluding hydrogens is 428 g/mol. The number of benzene rings is 2. The fraction of sp³-hybridized carbons (Fsp3) is 0.143. The van der Waals surface area contributed by atoms with Gasteiger partial charge in [0.1, 0.15) is 5.75 Å². The van der Waals surface area contributed by atoms with Gasteiger partial charge in [0.15, 0.2) is 18.2 Å². The molecule has 0 unspecified atom stereocenters. The summed E-state index contributed by atoms with van der Waals surface area (Å²) < 4.78 is 34.2. The summed E-state index contributed by atoms with van der Waals surface area (Å²) in [7, 11) is -3.97. The second-order valence-corrected chi connectivity index (χ2v) is 8.83. The fourth-order valence-electron chi connectivity index (χ4n) is 2.69. The number of ketones is 1. The summed E-state index contributed by atoms with van der Waals surface area (Å²) in [4.78, 5) is 12.9. The van der Waals surface area contributed by atoms with Gasteiger partial charge >= 0.3 is 0 Å². The predicted octanol–water partition coefficient (Wildman–Crippen LogP) is 3.79. The van der Waals surface area contributed by atoms with E-state index in [2.05, 4.69) is 4.72 Å². The van der Waals surface area contributed by atoms with Crippen LogP contribution in [0.15, 0.2) is 71.9 Å². The molecule has 0 saturated heterocycles. The van der Waals surface area contributed by atoms with E-state index in [0.29, 0.717) is 10.5 Å². The highest BCUT2D eigenvalue weighted by molar-refractivity contribution is 7.92. The Kier molecular flexibility index (Phi) is 6.28. The monoisotopic (exact) mass is 446 g/mol. The first-order valence-electron chi connectivity index (χ1n) is 8.98. The van der Waals surface area contributed by atoms with Gasteiger partial charge in [0.05, 0.1) is 16.7 Å². The van der Waals surface area contributed by atoms with Gasteiger partial charge < -0.3 is 9.94 Å². The number of carbonyl (C=O) groups excluding carboxylic acids is 1. The van der Waals surface area contributed by atoms with Crippen molar-refractivity contribution in [1.82, 2.24) is 0 Å². The summed E-state index contributed by atoms with van der Waals surface area (Å²) in [5.41, 5.74) is 0.361. The summed E-state index contributed by atoms with van der Waals surface area (Å²) in [6, 6.07) is 12.9. The van der Waals surface area contributed by atoms with Gasteiger partial charge in [-0.2, -0.15) is 4.73 Å². The highest BCUT2D eigenvalue weighted by Crippen LogP contribution is 2.26. The number of ether oxygens (including phenoxy) is 1. The van der Waals surface area contributed by atoms with Crippen LogP contribution in [0.4, 0.5) is 5.69 Å². The van der Waals surface area contributed by atoms with Crippen molar-refractivity contribution in [2.75, 3.05) is 4.72 Å². The number of rotatable bonds is 7. The van der Waals surface area contributed by atoms with Crippen molar-refractivity contribution < 1.29 is 22.7 Å². The van der Waals surface area contributed by atoms with E-state index in [1.807, 2.05) is 13.8 Å². The number of aromatic nitrogens is 1. The summed E-state index contributed by atoms with van der Waals surface area (Å²) in [5, 5.41) is 11.5. The molecule has 0 spiro atoms. The average Bonchev–Trinajstić information content (AvgIpc) is 2.69. The van der Waals surface area contributed by atoms with Crippen molar-refractivity contribution in [3.8, 4) is 5.75 Å². The molecule has 0 bridgehead atoms. The molecule has 0 aliphatic heterocycles. The molecule has 0 amide bonds. The van der Waals surface area contributed by atoms with E-state index in [9.17, 15) is 18.4 Å². The summed E-state index contributed by atoms with van der Waals surface area (Å²) >= 11 is 6.02. The number of pyridine rings is 1. The average molecular weight is 447 g/mol. The molecule has 2 aromatic carbocycles. The van der Waals surface area contributed by atoms with Gasteiger partial charge in [-0.25, -0.2) is 8.42 Å². The lowest BCUT2D eigenvalue weighted by Gasteiger charge is -2.14. The van der Waals surface area contributed by atoms with Crippen molar-refractivity contribution in [2.45, 2.75) is 24.8 Å². The predicted molar refractivity (Wildman–Crippen MR) is 113 cm³/mol. The van der Waals surface area contributed by atoms with Crippen LogP contribution in [-0.2, 0) is 10.0 Å². The number of sulfonamides is 1. The smallest absolute Gasteiger partial charge is 0.261 e. The Bertz CT molecular complexity index is 1160. The SMILES string of the molecule is CC(C)Oc1ccc(S(=O)(=O)Nc2ccc(Cl)cc2C(=O)c2cc[n+]([O-])cc2)cc1. The number of nitrogens with zero attached hydrogens (tertiary/aromatic N) is 1. The van der Waals surface area contributed by atoms with E-state index in [4.69, 9.17) is 16.3 Å². The minimum atomic E-state index is -3.97. The molecule has 30 heavy (non-hydrogen) atoms. The third-order valence-electron chi connectivity index (χ3n) is 4.04. The normalized spacial score (nSPS) is 11.3. The van der Waals surface area contributed by atoms with Crippen LogP contribution in [0, 0.1) is 5.21 Å². The van der Waals surface area contributed by atoms with Crippen molar-refractivity contribution >= 4 is 33.1 Å². The highest BCUT2D eigenvalue weighted by atomic mass is 35.5. The molecular formula is C21H19ClN2O5S. The molecule has 0 aliphatic carbocycles. The van der Waals surface area contributed by atoms with Crippen LogP contribution in [0.5, 0.6) is 5.75 Å². The molecule has 3 rings (SSSR count). The Morgan fingerprint density at radius 1 is 1.07 bits per heavy atom. The summed E-state index contributed by atoms with van der Waals surface area (Å²) in [6.45, 7) is 3.74. The molecule has 156 valence electrons. The Morgan fingerprint density at radius 2 is 1.70 bits per heavy atom. The maximum absolute atomic E-state index is 12.9. The third-order valence-corrected chi connectivity index (χ3v) is 5.66. The Balaban J connectivity index is 1.92. The maximum atomic E-state index is 12.9. The van der Waals surface area contributed by atoms with Crippen LogP contribution in [0.2, 0.25) is 5.02 Å². The highest BCUT2D eigenvalue weighted by Gasteiger charge is 2.21. The first kappa shape index (κ1) is 21.6. The molecule has 0 aliphatic rings. The molecule has 1 N–H and O–H groups in total. The zero-order chi connectivity index (χ0) is 21.9. The second kappa shape index (κ2) is 8.73. The molecule has 0 saturated carbocycles. The molecule has 3 aromatic rings. The number of carbonyl (C=O) groups is 1. The van der Waals surface area contributed by atoms with E-state index in [1.54, 1.807) is 12.1 Å². The van der Waals surface area contributed by atoms with Crippen molar-refractivity contribution in [2.24, 2.45) is 0 Å². The van der Waals surface area contributed by atoms with Gasteiger partial charge in [-0.1, -0.05) is 11.6 Å². The molecule has 0 fully saturated rings. The Morgan fingerprint density at radius 3 is 2.30 bits per heavy atom. The van der Waals surface area contributed by atoms with Gasteiger partial charge in [-0.15, -0.1) is 0 Å². The van der Waals surface area contributed by atoms with E-state index >= 15 is 0 Å². The molecule has 1 heterocycles. The lowest BCUT2D eigenvalue weighted by atomic mass is 10.0.